The molecule has 9 heteroatoms. The molecular weight excluding hydrogens is 415 g/mol. The summed E-state index contributed by atoms with van der Waals surface area (Å²) in [7, 11) is 0. The van der Waals surface area contributed by atoms with Gasteiger partial charge in [0.1, 0.15) is 6.33 Å². The van der Waals surface area contributed by atoms with Crippen molar-refractivity contribution in [1.82, 2.24) is 24.8 Å². The van der Waals surface area contributed by atoms with Crippen LogP contribution in [0.4, 0.5) is 5.82 Å². The molecule has 0 aliphatic heterocycles. The third-order valence-corrected chi connectivity index (χ3v) is 6.33. The van der Waals surface area contributed by atoms with Gasteiger partial charge in [-0.2, -0.15) is 0 Å². The van der Waals surface area contributed by atoms with Gasteiger partial charge in [-0.3, -0.25) is 0 Å². The molecule has 1 saturated carbocycles. The molecule has 1 aromatic carbocycles. The molecule has 1 fully saturated rings. The van der Waals surface area contributed by atoms with Gasteiger partial charge in [-0.05, 0) is 56.8 Å². The standard InChI is InChI=1S/C19H22Cl2N6S/c1-11(12-3-4-12)23-5-2-6-27-18-16(17(22)24-10-25-18)26-19(27)28-15-8-13(20)7-14(21)9-15/h7-12,23H,2-6H2,1H3,(H2,22,24,25)/t11-/m0/s1. The van der Waals surface area contributed by atoms with E-state index in [2.05, 4.69) is 31.8 Å². The average Bonchev–Trinajstić information content (AvgIpc) is 3.42. The molecule has 1 aliphatic carbocycles. The van der Waals surface area contributed by atoms with Gasteiger partial charge in [0.2, 0.25) is 0 Å². The van der Waals surface area contributed by atoms with Crippen molar-refractivity contribution in [2.45, 2.75) is 48.8 Å². The first-order chi connectivity index (χ1) is 13.5. The van der Waals surface area contributed by atoms with Crippen molar-refractivity contribution in [2.75, 3.05) is 12.3 Å². The number of hydrogen-bond donors (Lipinski definition) is 2. The van der Waals surface area contributed by atoms with Gasteiger partial charge in [-0.25, -0.2) is 15.0 Å². The van der Waals surface area contributed by atoms with Crippen LogP contribution in [0, 0.1) is 5.92 Å². The molecule has 0 spiro atoms. The third-order valence-electron chi connectivity index (χ3n) is 4.92. The summed E-state index contributed by atoms with van der Waals surface area (Å²) in [6.45, 7) is 4.00. The van der Waals surface area contributed by atoms with E-state index in [1.807, 2.05) is 12.1 Å². The van der Waals surface area contributed by atoms with Crippen molar-refractivity contribution in [2.24, 2.45) is 5.92 Å². The molecule has 28 heavy (non-hydrogen) atoms. The van der Waals surface area contributed by atoms with E-state index >= 15 is 0 Å². The summed E-state index contributed by atoms with van der Waals surface area (Å²) in [5.74, 6) is 1.23. The largest absolute Gasteiger partial charge is 0.382 e. The molecule has 1 aliphatic rings. The van der Waals surface area contributed by atoms with Gasteiger partial charge >= 0.3 is 0 Å². The Morgan fingerprint density at radius 3 is 2.71 bits per heavy atom. The number of imidazole rings is 1. The molecule has 148 valence electrons. The number of aryl methyl sites for hydroxylation is 1. The van der Waals surface area contributed by atoms with Crippen LogP contribution in [-0.4, -0.2) is 32.1 Å². The van der Waals surface area contributed by atoms with Crippen LogP contribution >= 0.6 is 35.0 Å². The summed E-state index contributed by atoms with van der Waals surface area (Å²) in [5.41, 5.74) is 7.40. The fourth-order valence-electron chi connectivity index (χ4n) is 3.24. The predicted molar refractivity (Wildman–Crippen MR) is 115 cm³/mol. The number of nitrogens with two attached hydrogens (primary N) is 1. The fourth-order valence-corrected chi connectivity index (χ4v) is 4.90. The minimum Gasteiger partial charge on any atom is -0.382 e. The molecule has 1 atom stereocenters. The highest BCUT2D eigenvalue weighted by Crippen LogP contribution is 2.34. The molecule has 3 aromatic rings. The second-order valence-electron chi connectivity index (χ2n) is 7.12. The van der Waals surface area contributed by atoms with Crippen molar-refractivity contribution >= 4 is 51.9 Å². The molecule has 2 aromatic heterocycles. The predicted octanol–water partition coefficient (Wildman–Crippen LogP) is 4.64. The van der Waals surface area contributed by atoms with Crippen molar-refractivity contribution in [3.8, 4) is 0 Å². The van der Waals surface area contributed by atoms with Crippen LogP contribution in [0.5, 0.6) is 0 Å². The summed E-state index contributed by atoms with van der Waals surface area (Å²) in [4.78, 5) is 14.1. The van der Waals surface area contributed by atoms with Gasteiger partial charge in [-0.1, -0.05) is 35.0 Å². The smallest absolute Gasteiger partial charge is 0.175 e. The molecular formula is C19H22Cl2N6S. The van der Waals surface area contributed by atoms with Crippen molar-refractivity contribution in [3.63, 3.8) is 0 Å². The van der Waals surface area contributed by atoms with Gasteiger partial charge in [0.15, 0.2) is 22.1 Å². The number of aromatic nitrogens is 4. The van der Waals surface area contributed by atoms with Crippen LogP contribution in [0.25, 0.3) is 11.2 Å². The molecule has 6 nitrogen and oxygen atoms in total. The highest BCUT2D eigenvalue weighted by Gasteiger charge is 2.27. The van der Waals surface area contributed by atoms with E-state index in [-0.39, 0.29) is 0 Å². The first-order valence-corrected chi connectivity index (χ1v) is 10.9. The lowest BCUT2D eigenvalue weighted by molar-refractivity contribution is 0.471. The Hall–Kier alpha value is -1.54. The normalized spacial score (nSPS) is 15.2. The highest BCUT2D eigenvalue weighted by atomic mass is 35.5. The summed E-state index contributed by atoms with van der Waals surface area (Å²) in [6.07, 6.45) is 5.14. The second kappa shape index (κ2) is 8.45. The number of fused-ring (bicyclic) bond motifs is 1. The number of rotatable bonds is 8. The van der Waals surface area contributed by atoms with Crippen molar-refractivity contribution in [3.05, 3.63) is 34.6 Å². The zero-order chi connectivity index (χ0) is 19.7. The van der Waals surface area contributed by atoms with Gasteiger partial charge in [0, 0.05) is 27.5 Å². The lowest BCUT2D eigenvalue weighted by Gasteiger charge is -2.13. The maximum atomic E-state index is 6.15. The lowest BCUT2D eigenvalue weighted by atomic mass is 10.2. The van der Waals surface area contributed by atoms with Gasteiger partial charge in [0.25, 0.3) is 0 Å². The van der Waals surface area contributed by atoms with Crippen LogP contribution in [0.3, 0.4) is 0 Å². The number of benzene rings is 1. The first-order valence-electron chi connectivity index (χ1n) is 9.35. The number of halogens is 2. The van der Waals surface area contributed by atoms with E-state index in [0.29, 0.717) is 27.4 Å². The van der Waals surface area contributed by atoms with E-state index in [0.717, 1.165) is 41.1 Å². The zero-order valence-electron chi connectivity index (χ0n) is 15.5. The average molecular weight is 437 g/mol. The molecule has 0 radical (unpaired) electrons. The number of nitrogen functional groups attached to an aromatic ring is 1. The Kier molecular flexibility index (Phi) is 5.96. The number of nitrogens with one attached hydrogen (secondary N) is 1. The Morgan fingerprint density at radius 1 is 1.25 bits per heavy atom. The van der Waals surface area contributed by atoms with Crippen LogP contribution in [0.2, 0.25) is 10.0 Å². The minimum absolute atomic E-state index is 0.384. The Bertz CT molecular complexity index is 968. The second-order valence-corrected chi connectivity index (χ2v) is 9.03. The SMILES string of the molecule is C[C@H](NCCCn1c(Sc2cc(Cl)cc(Cl)c2)nc2c(N)ncnc21)C1CC1. The maximum Gasteiger partial charge on any atom is 0.175 e. The van der Waals surface area contributed by atoms with Crippen LogP contribution < -0.4 is 11.1 Å². The van der Waals surface area contributed by atoms with Crippen molar-refractivity contribution < 1.29 is 0 Å². The van der Waals surface area contributed by atoms with Crippen LogP contribution in [0.1, 0.15) is 26.2 Å². The molecule has 2 heterocycles. The van der Waals surface area contributed by atoms with Crippen molar-refractivity contribution in [1.29, 1.82) is 0 Å². The number of hydrogen-bond acceptors (Lipinski definition) is 6. The van der Waals surface area contributed by atoms with E-state index in [4.69, 9.17) is 28.9 Å². The Balaban J connectivity index is 1.55. The molecule has 0 unspecified atom stereocenters. The number of anilines is 1. The number of nitrogens with zero attached hydrogens (tertiary/aromatic N) is 4. The van der Waals surface area contributed by atoms with E-state index in [1.54, 1.807) is 6.07 Å². The summed E-state index contributed by atoms with van der Waals surface area (Å²) >= 11 is 13.8. The molecule has 0 amide bonds. The summed E-state index contributed by atoms with van der Waals surface area (Å²) in [5, 5.41) is 5.60. The Labute approximate surface area is 178 Å². The quantitative estimate of drug-likeness (QED) is 0.500. The first kappa shape index (κ1) is 19.8. The van der Waals surface area contributed by atoms with E-state index < -0.39 is 0 Å². The third kappa shape index (κ3) is 4.54. The van der Waals surface area contributed by atoms with Gasteiger partial charge in [0.05, 0.1) is 0 Å². The van der Waals surface area contributed by atoms with Crippen LogP contribution in [0.15, 0.2) is 34.6 Å². The van der Waals surface area contributed by atoms with Crippen LogP contribution in [-0.2, 0) is 6.54 Å². The lowest BCUT2D eigenvalue weighted by Crippen LogP contribution is -2.29. The highest BCUT2D eigenvalue weighted by molar-refractivity contribution is 7.99. The molecule has 3 N–H and O–H groups in total. The van der Waals surface area contributed by atoms with E-state index in [9.17, 15) is 0 Å². The summed E-state index contributed by atoms with van der Waals surface area (Å²) in [6, 6.07) is 6.04. The zero-order valence-corrected chi connectivity index (χ0v) is 17.9. The maximum absolute atomic E-state index is 6.15. The fraction of sp³-hybridized carbons (Fsp3) is 0.421. The minimum atomic E-state index is 0.384. The topological polar surface area (TPSA) is 81.7 Å². The van der Waals surface area contributed by atoms with E-state index in [1.165, 1.54) is 30.9 Å². The molecule has 0 saturated heterocycles. The molecule has 4 rings (SSSR count). The van der Waals surface area contributed by atoms with Gasteiger partial charge in [-0.15, -0.1) is 0 Å². The van der Waals surface area contributed by atoms with Gasteiger partial charge < -0.3 is 15.6 Å². The summed E-state index contributed by atoms with van der Waals surface area (Å²) < 4.78 is 2.09. The Morgan fingerprint density at radius 2 is 2.00 bits per heavy atom. The molecule has 0 bridgehead atoms. The monoisotopic (exact) mass is 436 g/mol.